The van der Waals surface area contributed by atoms with Crippen LogP contribution in [-0.4, -0.2) is 56.3 Å². The summed E-state index contributed by atoms with van der Waals surface area (Å²) in [5.41, 5.74) is 2.45. The predicted molar refractivity (Wildman–Crippen MR) is 106 cm³/mol. The second-order valence-corrected chi connectivity index (χ2v) is 7.99. The first-order valence-electron chi connectivity index (χ1n) is 10.1. The van der Waals surface area contributed by atoms with Crippen LogP contribution in [0.1, 0.15) is 60.0 Å². The van der Waals surface area contributed by atoms with Gasteiger partial charge in [-0.3, -0.25) is 19.5 Å². The van der Waals surface area contributed by atoms with E-state index in [4.69, 9.17) is 4.98 Å². The molecule has 0 radical (unpaired) electrons. The molecule has 2 aliphatic heterocycles. The number of H-pyrrole nitrogens is 1. The van der Waals surface area contributed by atoms with E-state index < -0.39 is 0 Å². The van der Waals surface area contributed by atoms with Gasteiger partial charge in [-0.25, -0.2) is 4.98 Å². The minimum atomic E-state index is 0.0127. The third-order valence-electron chi connectivity index (χ3n) is 5.95. The molecule has 2 aromatic heterocycles. The first-order chi connectivity index (χ1) is 13.5. The molecule has 1 saturated heterocycles. The van der Waals surface area contributed by atoms with Gasteiger partial charge in [0.25, 0.3) is 11.5 Å². The monoisotopic (exact) mass is 381 g/mol. The van der Waals surface area contributed by atoms with Crippen molar-refractivity contribution in [2.24, 2.45) is 0 Å². The van der Waals surface area contributed by atoms with E-state index in [1.165, 1.54) is 0 Å². The van der Waals surface area contributed by atoms with Crippen LogP contribution in [-0.2, 0) is 13.0 Å². The number of carbonyl (C=O) groups is 1. The Kier molecular flexibility index (Phi) is 5.26. The number of aromatic nitrogens is 3. The Morgan fingerprint density at radius 1 is 1.18 bits per heavy atom. The normalized spacial score (nSPS) is 18.3. The van der Waals surface area contributed by atoms with Crippen molar-refractivity contribution in [3.05, 3.63) is 57.5 Å². The number of hydrogen-bond acceptors (Lipinski definition) is 5. The van der Waals surface area contributed by atoms with Gasteiger partial charge >= 0.3 is 0 Å². The van der Waals surface area contributed by atoms with Crippen molar-refractivity contribution in [2.45, 2.75) is 51.6 Å². The fraction of sp³-hybridized carbons (Fsp3) is 0.524. The fourth-order valence-electron chi connectivity index (χ4n) is 4.15. The van der Waals surface area contributed by atoms with E-state index in [1.54, 1.807) is 24.5 Å². The topological polar surface area (TPSA) is 82.2 Å². The summed E-state index contributed by atoms with van der Waals surface area (Å²) in [6, 6.07) is 3.94. The largest absolute Gasteiger partial charge is 0.339 e. The summed E-state index contributed by atoms with van der Waals surface area (Å²) in [6.45, 7) is 7.34. The van der Waals surface area contributed by atoms with Crippen LogP contribution >= 0.6 is 0 Å². The summed E-state index contributed by atoms with van der Waals surface area (Å²) in [5.74, 6) is 1.01. The van der Waals surface area contributed by atoms with Crippen molar-refractivity contribution in [3.63, 3.8) is 0 Å². The highest BCUT2D eigenvalue weighted by Crippen LogP contribution is 2.27. The summed E-state index contributed by atoms with van der Waals surface area (Å²) >= 11 is 0. The van der Waals surface area contributed by atoms with Crippen molar-refractivity contribution < 1.29 is 4.79 Å². The van der Waals surface area contributed by atoms with Crippen molar-refractivity contribution in [2.75, 3.05) is 19.6 Å². The van der Waals surface area contributed by atoms with E-state index in [-0.39, 0.29) is 17.4 Å². The van der Waals surface area contributed by atoms with Crippen LogP contribution in [0.3, 0.4) is 0 Å². The summed E-state index contributed by atoms with van der Waals surface area (Å²) in [7, 11) is 0. The van der Waals surface area contributed by atoms with Crippen LogP contribution in [0, 0.1) is 0 Å². The molecule has 1 N–H and O–H groups in total. The molecule has 0 spiro atoms. The number of piperidine rings is 1. The predicted octanol–water partition coefficient (Wildman–Crippen LogP) is 1.95. The molecule has 1 fully saturated rings. The second-order valence-electron chi connectivity index (χ2n) is 7.99. The Bertz CT molecular complexity index is 901. The molecule has 2 aromatic rings. The smallest absolute Gasteiger partial charge is 0.254 e. The van der Waals surface area contributed by atoms with Crippen molar-refractivity contribution in [3.8, 4) is 0 Å². The Hall–Kier alpha value is -2.54. The number of carbonyl (C=O) groups excluding carboxylic acids is 1. The Labute approximate surface area is 164 Å². The summed E-state index contributed by atoms with van der Waals surface area (Å²) in [6.07, 6.45) is 5.66. The van der Waals surface area contributed by atoms with Crippen molar-refractivity contribution in [1.29, 1.82) is 0 Å². The molecular weight excluding hydrogens is 354 g/mol. The van der Waals surface area contributed by atoms with E-state index >= 15 is 0 Å². The van der Waals surface area contributed by atoms with Gasteiger partial charge in [0.05, 0.1) is 5.69 Å². The lowest BCUT2D eigenvalue weighted by Gasteiger charge is -2.33. The minimum absolute atomic E-state index is 0.0127. The quantitative estimate of drug-likeness (QED) is 0.879. The molecule has 0 unspecified atom stereocenters. The highest BCUT2D eigenvalue weighted by molar-refractivity contribution is 5.94. The summed E-state index contributed by atoms with van der Waals surface area (Å²) in [5, 5.41) is 0. The molecule has 1 amide bonds. The molecule has 4 heterocycles. The Morgan fingerprint density at radius 3 is 2.57 bits per heavy atom. The third-order valence-corrected chi connectivity index (χ3v) is 5.95. The van der Waals surface area contributed by atoms with Crippen LogP contribution in [0.2, 0.25) is 0 Å². The summed E-state index contributed by atoms with van der Waals surface area (Å²) in [4.78, 5) is 41.3. The number of likely N-dealkylation sites (tertiary alicyclic amines) is 1. The number of rotatable bonds is 3. The van der Waals surface area contributed by atoms with Gasteiger partial charge in [0.15, 0.2) is 0 Å². The molecule has 0 atom stereocenters. The van der Waals surface area contributed by atoms with E-state index in [1.807, 2.05) is 4.90 Å². The highest BCUT2D eigenvalue weighted by Gasteiger charge is 2.28. The highest BCUT2D eigenvalue weighted by atomic mass is 16.2. The first kappa shape index (κ1) is 18.8. The molecule has 7 nitrogen and oxygen atoms in total. The lowest BCUT2D eigenvalue weighted by molar-refractivity contribution is 0.0710. The van der Waals surface area contributed by atoms with E-state index in [9.17, 15) is 9.59 Å². The molecule has 148 valence electrons. The number of nitrogens with one attached hydrogen (secondary N) is 1. The van der Waals surface area contributed by atoms with Gasteiger partial charge in [-0.15, -0.1) is 0 Å². The van der Waals surface area contributed by atoms with Crippen LogP contribution in [0.5, 0.6) is 0 Å². The Morgan fingerprint density at radius 2 is 1.89 bits per heavy atom. The molecule has 28 heavy (non-hydrogen) atoms. The summed E-state index contributed by atoms with van der Waals surface area (Å²) < 4.78 is 0. The van der Waals surface area contributed by atoms with Gasteiger partial charge in [-0.05, 0) is 45.2 Å². The SMILES string of the molecule is CC(C)N1CCc2c(nc(C3CCN(C(=O)c4ccncc4)CC3)[nH]c2=O)C1. The molecule has 0 saturated carbocycles. The number of aromatic amines is 1. The van der Waals surface area contributed by atoms with Gasteiger partial charge < -0.3 is 9.88 Å². The first-order valence-corrected chi connectivity index (χ1v) is 10.1. The zero-order valence-electron chi connectivity index (χ0n) is 16.5. The molecule has 2 aliphatic rings. The minimum Gasteiger partial charge on any atom is -0.339 e. The zero-order valence-corrected chi connectivity index (χ0v) is 16.5. The zero-order chi connectivity index (χ0) is 19.7. The van der Waals surface area contributed by atoms with Crippen LogP contribution in [0.15, 0.2) is 29.3 Å². The maximum Gasteiger partial charge on any atom is 0.254 e. The van der Waals surface area contributed by atoms with Crippen LogP contribution in [0.4, 0.5) is 0 Å². The van der Waals surface area contributed by atoms with Gasteiger partial charge in [-0.2, -0.15) is 0 Å². The lowest BCUT2D eigenvalue weighted by atomic mass is 9.94. The van der Waals surface area contributed by atoms with Crippen molar-refractivity contribution >= 4 is 5.91 Å². The molecule has 0 bridgehead atoms. The van der Waals surface area contributed by atoms with E-state index in [2.05, 4.69) is 28.7 Å². The number of nitrogens with zero attached hydrogens (tertiary/aromatic N) is 4. The number of pyridine rings is 1. The second kappa shape index (κ2) is 7.83. The fourth-order valence-corrected chi connectivity index (χ4v) is 4.15. The standard InChI is InChI=1S/C21H27N5O2/c1-14(2)26-12-7-17-18(13-26)23-19(24-20(17)27)15-5-10-25(11-6-15)21(28)16-3-8-22-9-4-16/h3-4,8-9,14-15H,5-7,10-13H2,1-2H3,(H,23,24,27). The average Bonchev–Trinajstić information content (AvgIpc) is 2.73. The Balaban J connectivity index is 1.47. The maximum absolute atomic E-state index is 12.6. The maximum atomic E-state index is 12.6. The molecule has 4 rings (SSSR count). The molecule has 0 aliphatic carbocycles. The van der Waals surface area contributed by atoms with Gasteiger partial charge in [0.1, 0.15) is 5.82 Å². The lowest BCUT2D eigenvalue weighted by Crippen LogP contribution is -2.41. The third kappa shape index (κ3) is 3.71. The van der Waals surface area contributed by atoms with E-state index in [0.29, 0.717) is 24.7 Å². The van der Waals surface area contributed by atoms with Crippen LogP contribution in [0.25, 0.3) is 0 Å². The molecular formula is C21H27N5O2. The average molecular weight is 381 g/mol. The van der Waals surface area contributed by atoms with Gasteiger partial charge in [0.2, 0.25) is 0 Å². The number of fused-ring (bicyclic) bond motifs is 1. The van der Waals surface area contributed by atoms with Crippen molar-refractivity contribution in [1.82, 2.24) is 24.8 Å². The molecule has 0 aromatic carbocycles. The van der Waals surface area contributed by atoms with E-state index in [0.717, 1.165) is 49.4 Å². The van der Waals surface area contributed by atoms with Gasteiger partial charge in [-0.1, -0.05) is 0 Å². The number of amides is 1. The number of hydrogen-bond donors (Lipinski definition) is 1. The van der Waals surface area contributed by atoms with Crippen LogP contribution < -0.4 is 5.56 Å². The molecule has 7 heteroatoms. The van der Waals surface area contributed by atoms with Gasteiger partial charge in [0, 0.05) is 61.7 Å².